The van der Waals surface area contributed by atoms with Crippen LogP contribution in [0.5, 0.6) is 0 Å². The molecule has 0 N–H and O–H groups in total. The number of aromatic nitrogens is 1. The molecule has 0 aliphatic heterocycles. The molecule has 2 aromatic rings. The number of ether oxygens (including phenoxy) is 2. The second-order valence-corrected chi connectivity index (χ2v) is 5.61. The highest BCUT2D eigenvalue weighted by molar-refractivity contribution is 5.63. The zero-order chi connectivity index (χ0) is 17.5. The van der Waals surface area contributed by atoms with Crippen molar-refractivity contribution < 1.29 is 18.3 Å². The first kappa shape index (κ1) is 18.4. The van der Waals surface area contributed by atoms with Crippen LogP contribution in [0.1, 0.15) is 5.69 Å². The number of pyridine rings is 1. The Kier molecular flexibility index (Phi) is 6.78. The molecule has 0 radical (unpaired) electrons. The summed E-state index contributed by atoms with van der Waals surface area (Å²) < 4.78 is 38.0. The van der Waals surface area contributed by atoms with Crippen LogP contribution in [0.3, 0.4) is 0 Å². The second-order valence-electron chi connectivity index (χ2n) is 5.61. The topological polar surface area (TPSA) is 34.6 Å². The van der Waals surface area contributed by atoms with Crippen LogP contribution in [0, 0.1) is 11.6 Å². The Labute approximate surface area is 141 Å². The molecule has 130 valence electrons. The Bertz CT molecular complexity index is 624. The fraction of sp³-hybridized carbons (Fsp3) is 0.389. The Hall–Kier alpha value is -1.89. The number of benzene rings is 1. The van der Waals surface area contributed by atoms with Crippen LogP contribution >= 0.6 is 0 Å². The maximum Gasteiger partial charge on any atom is 0.134 e. The normalized spacial score (nSPS) is 11.5. The zero-order valence-corrected chi connectivity index (χ0v) is 14.1. The van der Waals surface area contributed by atoms with Crippen LogP contribution in [0.4, 0.5) is 8.78 Å². The third kappa shape index (κ3) is 4.56. The predicted octanol–water partition coefficient (Wildman–Crippen LogP) is 3.12. The summed E-state index contributed by atoms with van der Waals surface area (Å²) in [5.41, 5.74) is 1.17. The number of hydrogen-bond donors (Lipinski definition) is 0. The minimum atomic E-state index is -0.595. The van der Waals surface area contributed by atoms with Gasteiger partial charge >= 0.3 is 0 Å². The van der Waals surface area contributed by atoms with Crippen molar-refractivity contribution in [3.8, 4) is 11.1 Å². The van der Waals surface area contributed by atoms with E-state index in [1.165, 1.54) is 24.4 Å². The molecular weight excluding hydrogens is 314 g/mol. The highest BCUT2D eigenvalue weighted by Crippen LogP contribution is 2.25. The largest absolute Gasteiger partial charge is 0.383 e. The first-order valence-corrected chi connectivity index (χ1v) is 7.64. The molecule has 0 saturated heterocycles. The van der Waals surface area contributed by atoms with E-state index in [0.29, 0.717) is 25.3 Å². The summed E-state index contributed by atoms with van der Waals surface area (Å²) in [5.74, 6) is -1.19. The molecule has 0 bridgehead atoms. The third-order valence-corrected chi connectivity index (χ3v) is 3.83. The number of rotatable bonds is 8. The third-order valence-electron chi connectivity index (χ3n) is 3.83. The van der Waals surface area contributed by atoms with Crippen molar-refractivity contribution in [2.75, 3.05) is 34.5 Å². The zero-order valence-electron chi connectivity index (χ0n) is 14.1. The minimum Gasteiger partial charge on any atom is -0.383 e. The maximum absolute atomic E-state index is 13.8. The fourth-order valence-electron chi connectivity index (χ4n) is 2.51. The van der Waals surface area contributed by atoms with Gasteiger partial charge in [0.2, 0.25) is 0 Å². The van der Waals surface area contributed by atoms with Crippen LogP contribution in [-0.2, 0) is 16.0 Å². The minimum absolute atomic E-state index is 0.0541. The van der Waals surface area contributed by atoms with E-state index in [1.807, 2.05) is 7.05 Å². The van der Waals surface area contributed by atoms with Crippen molar-refractivity contribution >= 4 is 0 Å². The summed E-state index contributed by atoms with van der Waals surface area (Å²) in [7, 11) is 5.24. The molecule has 1 aromatic carbocycles. The van der Waals surface area contributed by atoms with Crippen LogP contribution in [0.15, 0.2) is 36.5 Å². The lowest BCUT2D eigenvalue weighted by Gasteiger charge is -2.26. The lowest BCUT2D eigenvalue weighted by atomic mass is 10.1. The number of methoxy groups -OCH3 is 2. The standard InChI is InChI=1S/C18H22F2N2O2/c1-22(15(11-23-2)12-24-3)10-14-8-7-13(9-21-14)18-16(19)5-4-6-17(18)20/h4-9,15H,10-12H2,1-3H3. The average molecular weight is 336 g/mol. The second kappa shape index (κ2) is 8.82. The van der Waals surface area contributed by atoms with Crippen LogP contribution in [-0.4, -0.2) is 50.4 Å². The van der Waals surface area contributed by atoms with Gasteiger partial charge in [0.1, 0.15) is 11.6 Å². The van der Waals surface area contributed by atoms with Crippen molar-refractivity contribution in [2.45, 2.75) is 12.6 Å². The maximum atomic E-state index is 13.8. The van der Waals surface area contributed by atoms with Gasteiger partial charge in [-0.25, -0.2) is 8.78 Å². The molecule has 24 heavy (non-hydrogen) atoms. The predicted molar refractivity (Wildman–Crippen MR) is 88.6 cm³/mol. The van der Waals surface area contributed by atoms with E-state index in [1.54, 1.807) is 26.4 Å². The van der Waals surface area contributed by atoms with Gasteiger partial charge in [-0.15, -0.1) is 0 Å². The fourth-order valence-corrected chi connectivity index (χ4v) is 2.51. The van der Waals surface area contributed by atoms with E-state index >= 15 is 0 Å². The number of nitrogens with zero attached hydrogens (tertiary/aromatic N) is 2. The number of halogens is 2. The first-order chi connectivity index (χ1) is 11.6. The molecule has 0 amide bonds. The lowest BCUT2D eigenvalue weighted by molar-refractivity contribution is 0.0443. The van der Waals surface area contributed by atoms with Gasteiger partial charge in [0, 0.05) is 32.5 Å². The van der Waals surface area contributed by atoms with Gasteiger partial charge < -0.3 is 9.47 Å². The van der Waals surface area contributed by atoms with Gasteiger partial charge in [0.15, 0.2) is 0 Å². The van der Waals surface area contributed by atoms with Crippen LogP contribution < -0.4 is 0 Å². The molecule has 2 rings (SSSR count). The van der Waals surface area contributed by atoms with Gasteiger partial charge in [-0.05, 0) is 25.2 Å². The quantitative estimate of drug-likeness (QED) is 0.742. The van der Waals surface area contributed by atoms with Crippen molar-refractivity contribution in [2.24, 2.45) is 0 Å². The Morgan fingerprint density at radius 2 is 1.67 bits per heavy atom. The van der Waals surface area contributed by atoms with E-state index in [0.717, 1.165) is 5.69 Å². The molecule has 0 atom stereocenters. The molecule has 0 saturated carbocycles. The molecule has 4 nitrogen and oxygen atoms in total. The highest BCUT2D eigenvalue weighted by Gasteiger charge is 2.16. The summed E-state index contributed by atoms with van der Waals surface area (Å²) in [4.78, 5) is 6.39. The molecule has 6 heteroatoms. The van der Waals surface area contributed by atoms with Gasteiger partial charge in [-0.3, -0.25) is 9.88 Å². The summed E-state index contributed by atoms with van der Waals surface area (Å²) in [6, 6.07) is 7.37. The molecule has 0 fully saturated rings. The van der Waals surface area contributed by atoms with Crippen LogP contribution in [0.2, 0.25) is 0 Å². The molecular formula is C18H22F2N2O2. The first-order valence-electron chi connectivity index (χ1n) is 7.64. The van der Waals surface area contributed by atoms with E-state index in [9.17, 15) is 8.78 Å². The smallest absolute Gasteiger partial charge is 0.134 e. The van der Waals surface area contributed by atoms with Gasteiger partial charge in [-0.1, -0.05) is 12.1 Å². The molecule has 1 heterocycles. The highest BCUT2D eigenvalue weighted by atomic mass is 19.1. The van der Waals surface area contributed by atoms with Crippen molar-refractivity contribution in [1.29, 1.82) is 0 Å². The lowest BCUT2D eigenvalue weighted by Crippen LogP contribution is -2.38. The van der Waals surface area contributed by atoms with Gasteiger partial charge in [-0.2, -0.15) is 0 Å². The Morgan fingerprint density at radius 3 is 2.17 bits per heavy atom. The summed E-state index contributed by atoms with van der Waals surface area (Å²) in [6.07, 6.45) is 1.49. The summed E-state index contributed by atoms with van der Waals surface area (Å²) >= 11 is 0. The summed E-state index contributed by atoms with van der Waals surface area (Å²) in [5, 5.41) is 0. The average Bonchev–Trinajstić information content (AvgIpc) is 2.56. The Balaban J connectivity index is 2.12. The SMILES string of the molecule is COCC(COC)N(C)Cc1ccc(-c2c(F)cccc2F)cn1. The van der Waals surface area contributed by atoms with Gasteiger partial charge in [0.05, 0.1) is 30.5 Å². The van der Waals surface area contributed by atoms with E-state index in [2.05, 4.69) is 9.88 Å². The van der Waals surface area contributed by atoms with E-state index in [4.69, 9.17) is 9.47 Å². The van der Waals surface area contributed by atoms with E-state index in [-0.39, 0.29) is 11.6 Å². The number of likely N-dealkylation sites (N-methyl/N-ethyl adjacent to an activating group) is 1. The molecule has 0 unspecified atom stereocenters. The summed E-state index contributed by atoms with van der Waals surface area (Å²) in [6.45, 7) is 1.67. The molecule has 0 aliphatic carbocycles. The molecule has 0 aliphatic rings. The Morgan fingerprint density at radius 1 is 1.04 bits per heavy atom. The number of hydrogen-bond acceptors (Lipinski definition) is 4. The monoisotopic (exact) mass is 336 g/mol. The van der Waals surface area contributed by atoms with Crippen molar-refractivity contribution in [3.63, 3.8) is 0 Å². The van der Waals surface area contributed by atoms with E-state index < -0.39 is 11.6 Å². The van der Waals surface area contributed by atoms with Crippen molar-refractivity contribution in [1.82, 2.24) is 9.88 Å². The van der Waals surface area contributed by atoms with Crippen LogP contribution in [0.25, 0.3) is 11.1 Å². The molecule has 0 spiro atoms. The van der Waals surface area contributed by atoms with Crippen molar-refractivity contribution in [3.05, 3.63) is 53.9 Å². The van der Waals surface area contributed by atoms with Gasteiger partial charge in [0.25, 0.3) is 0 Å². The molecule has 1 aromatic heterocycles.